The van der Waals surface area contributed by atoms with Crippen molar-refractivity contribution in [3.8, 4) is 11.3 Å². The lowest BCUT2D eigenvalue weighted by Crippen LogP contribution is -2.16. The normalized spacial score (nSPS) is 15.9. The van der Waals surface area contributed by atoms with Crippen molar-refractivity contribution in [2.45, 2.75) is 19.3 Å². The second-order valence-electron chi connectivity index (χ2n) is 6.09. The Kier molecular flexibility index (Phi) is 3.54. The lowest BCUT2D eigenvalue weighted by Gasteiger charge is -2.13. The Bertz CT molecular complexity index is 791. The zero-order valence-corrected chi connectivity index (χ0v) is 13.3. The molecule has 7 heteroatoms. The molecule has 1 aliphatic rings. The second kappa shape index (κ2) is 5.58. The molecule has 1 saturated carbocycles. The lowest BCUT2D eigenvalue weighted by atomic mass is 10.0. The molecule has 0 unspecified atom stereocenters. The summed E-state index contributed by atoms with van der Waals surface area (Å²) in [7, 11) is 0. The van der Waals surface area contributed by atoms with E-state index in [1.807, 2.05) is 6.20 Å². The monoisotopic (exact) mass is 332 g/mol. The van der Waals surface area contributed by atoms with Crippen LogP contribution in [0.1, 0.15) is 19.3 Å². The highest BCUT2D eigenvalue weighted by Crippen LogP contribution is 2.48. The predicted octanol–water partition coefficient (Wildman–Crippen LogP) is 3.17. The smallest absolute Gasteiger partial charge is 0.214 e. The van der Waals surface area contributed by atoms with Gasteiger partial charge in [0.15, 0.2) is 0 Å². The molecule has 1 aliphatic carbocycles. The highest BCUT2D eigenvalue weighted by molar-refractivity contribution is 7.20. The quantitative estimate of drug-likeness (QED) is 0.728. The molecular formula is C16H17FN4OS. The van der Waals surface area contributed by atoms with E-state index in [1.165, 1.54) is 23.5 Å². The first-order valence-electron chi connectivity index (χ1n) is 7.64. The number of nitrogens with zero attached hydrogens (tertiary/aromatic N) is 3. The van der Waals surface area contributed by atoms with Gasteiger partial charge in [-0.15, -0.1) is 5.10 Å². The van der Waals surface area contributed by atoms with E-state index >= 15 is 0 Å². The summed E-state index contributed by atoms with van der Waals surface area (Å²) in [6.07, 6.45) is 5.03. The molecule has 2 heterocycles. The molecule has 23 heavy (non-hydrogen) atoms. The average Bonchev–Trinajstić information content (AvgIpc) is 3.02. The van der Waals surface area contributed by atoms with Gasteiger partial charge in [0.25, 0.3) is 0 Å². The van der Waals surface area contributed by atoms with Crippen molar-refractivity contribution >= 4 is 21.4 Å². The fourth-order valence-electron chi connectivity index (χ4n) is 2.72. The van der Waals surface area contributed by atoms with E-state index < -0.39 is 0 Å². The Hall–Kier alpha value is -1.99. The van der Waals surface area contributed by atoms with Gasteiger partial charge in [0.1, 0.15) is 5.82 Å². The van der Waals surface area contributed by atoms with E-state index in [0.717, 1.165) is 47.2 Å². The van der Waals surface area contributed by atoms with Crippen LogP contribution in [-0.2, 0) is 0 Å². The van der Waals surface area contributed by atoms with Gasteiger partial charge in [-0.2, -0.15) is 0 Å². The molecule has 1 fully saturated rings. The molecule has 3 aromatic rings. The lowest BCUT2D eigenvalue weighted by molar-refractivity contribution is 0.253. The van der Waals surface area contributed by atoms with Gasteiger partial charge in [-0.3, -0.25) is 0 Å². The van der Waals surface area contributed by atoms with Crippen molar-refractivity contribution in [1.29, 1.82) is 0 Å². The number of fused-ring (bicyclic) bond motifs is 1. The highest BCUT2D eigenvalue weighted by Gasteiger charge is 2.41. The SMILES string of the molecule is OCCC1(CNc2nn3cc(-c4ccc(F)cc4)nc3s2)CC1. The van der Waals surface area contributed by atoms with Crippen LogP contribution in [0.3, 0.4) is 0 Å². The van der Waals surface area contributed by atoms with Crippen LogP contribution < -0.4 is 5.32 Å². The average molecular weight is 332 g/mol. The summed E-state index contributed by atoms with van der Waals surface area (Å²) in [6.45, 7) is 1.08. The number of aliphatic hydroxyl groups excluding tert-OH is 1. The molecule has 0 bridgehead atoms. The van der Waals surface area contributed by atoms with Crippen molar-refractivity contribution in [3.63, 3.8) is 0 Å². The van der Waals surface area contributed by atoms with Gasteiger partial charge in [-0.25, -0.2) is 13.9 Å². The number of nitrogens with one attached hydrogen (secondary N) is 1. The van der Waals surface area contributed by atoms with Crippen molar-refractivity contribution < 1.29 is 9.50 Å². The first-order chi connectivity index (χ1) is 11.2. The van der Waals surface area contributed by atoms with Crippen LogP contribution in [0.4, 0.5) is 9.52 Å². The third-order valence-corrected chi connectivity index (χ3v) is 5.28. The van der Waals surface area contributed by atoms with Gasteiger partial charge in [0, 0.05) is 18.7 Å². The Morgan fingerprint density at radius 1 is 1.30 bits per heavy atom. The molecule has 2 N–H and O–H groups in total. The molecule has 0 amide bonds. The summed E-state index contributed by atoms with van der Waals surface area (Å²) >= 11 is 1.50. The Balaban J connectivity index is 1.49. The first kappa shape index (κ1) is 14.6. The van der Waals surface area contributed by atoms with Gasteiger partial charge >= 0.3 is 0 Å². The number of aliphatic hydroxyl groups is 1. The summed E-state index contributed by atoms with van der Waals surface area (Å²) in [5.74, 6) is -0.253. The number of imidazole rings is 1. The number of hydrogen-bond donors (Lipinski definition) is 2. The third-order valence-electron chi connectivity index (χ3n) is 4.40. The predicted molar refractivity (Wildman–Crippen MR) is 88.1 cm³/mol. The van der Waals surface area contributed by atoms with Crippen LogP contribution in [0.5, 0.6) is 0 Å². The standard InChI is InChI=1S/C16H17FN4OS/c17-12-3-1-11(2-4-12)13-9-21-15(19-13)23-14(20-21)18-10-16(5-6-16)7-8-22/h1-4,9,22H,5-8,10H2,(H,18,20). The summed E-state index contributed by atoms with van der Waals surface area (Å²) < 4.78 is 14.7. The highest BCUT2D eigenvalue weighted by atomic mass is 32.1. The molecule has 0 radical (unpaired) electrons. The maximum atomic E-state index is 13.0. The second-order valence-corrected chi connectivity index (χ2v) is 7.05. The number of halogens is 1. The molecular weight excluding hydrogens is 315 g/mol. The topological polar surface area (TPSA) is 62.5 Å². The largest absolute Gasteiger partial charge is 0.396 e. The minimum atomic E-state index is -0.253. The van der Waals surface area contributed by atoms with Gasteiger partial charge < -0.3 is 10.4 Å². The fourth-order valence-corrected chi connectivity index (χ4v) is 3.50. The van der Waals surface area contributed by atoms with Gasteiger partial charge in [0.2, 0.25) is 10.1 Å². The summed E-state index contributed by atoms with van der Waals surface area (Å²) in [6, 6.07) is 6.29. The first-order valence-corrected chi connectivity index (χ1v) is 8.46. The molecule has 0 spiro atoms. The number of benzene rings is 1. The van der Waals surface area contributed by atoms with E-state index in [2.05, 4.69) is 15.4 Å². The molecule has 0 aliphatic heterocycles. The molecule has 5 nitrogen and oxygen atoms in total. The maximum Gasteiger partial charge on any atom is 0.214 e. The van der Waals surface area contributed by atoms with Crippen LogP contribution in [0.15, 0.2) is 30.5 Å². The van der Waals surface area contributed by atoms with Gasteiger partial charge in [-0.05, 0) is 48.9 Å². The zero-order valence-electron chi connectivity index (χ0n) is 12.5. The van der Waals surface area contributed by atoms with Gasteiger partial charge in [-0.1, -0.05) is 11.3 Å². The van der Waals surface area contributed by atoms with Crippen LogP contribution in [0.25, 0.3) is 16.2 Å². The van der Waals surface area contributed by atoms with Crippen molar-refractivity contribution in [2.75, 3.05) is 18.5 Å². The fraction of sp³-hybridized carbons (Fsp3) is 0.375. The molecule has 1 aromatic carbocycles. The Morgan fingerprint density at radius 3 is 2.74 bits per heavy atom. The number of rotatable bonds is 6. The maximum absolute atomic E-state index is 13.0. The van der Waals surface area contributed by atoms with Crippen LogP contribution in [0, 0.1) is 11.2 Å². The Morgan fingerprint density at radius 2 is 2.09 bits per heavy atom. The number of aromatic nitrogens is 3. The van der Waals surface area contributed by atoms with E-state index in [9.17, 15) is 4.39 Å². The summed E-state index contributed by atoms with van der Waals surface area (Å²) in [4.78, 5) is 5.35. The zero-order chi connectivity index (χ0) is 15.9. The van der Waals surface area contributed by atoms with E-state index in [-0.39, 0.29) is 17.8 Å². The van der Waals surface area contributed by atoms with E-state index in [0.29, 0.717) is 0 Å². The molecule has 2 aromatic heterocycles. The third kappa shape index (κ3) is 2.94. The Labute approximate surface area is 136 Å². The van der Waals surface area contributed by atoms with Crippen LogP contribution in [-0.4, -0.2) is 32.9 Å². The van der Waals surface area contributed by atoms with Crippen LogP contribution >= 0.6 is 11.3 Å². The molecule has 0 atom stereocenters. The minimum Gasteiger partial charge on any atom is -0.396 e. The van der Waals surface area contributed by atoms with Crippen LogP contribution in [0.2, 0.25) is 0 Å². The molecule has 120 valence electrons. The van der Waals surface area contributed by atoms with Gasteiger partial charge in [0.05, 0.1) is 11.9 Å². The van der Waals surface area contributed by atoms with E-state index in [1.54, 1.807) is 16.6 Å². The molecule has 0 saturated heterocycles. The summed E-state index contributed by atoms with van der Waals surface area (Å²) in [5, 5.41) is 17.8. The van der Waals surface area contributed by atoms with Crippen molar-refractivity contribution in [1.82, 2.24) is 14.6 Å². The number of anilines is 1. The molecule has 4 rings (SSSR count). The minimum absolute atomic E-state index is 0.240. The van der Waals surface area contributed by atoms with E-state index in [4.69, 9.17) is 5.11 Å². The van der Waals surface area contributed by atoms with Crippen molar-refractivity contribution in [3.05, 3.63) is 36.3 Å². The van der Waals surface area contributed by atoms with Crippen molar-refractivity contribution in [2.24, 2.45) is 5.41 Å². The number of hydrogen-bond acceptors (Lipinski definition) is 5. The summed E-state index contributed by atoms with van der Waals surface area (Å²) in [5.41, 5.74) is 1.91.